The van der Waals surface area contributed by atoms with E-state index in [9.17, 15) is 0 Å². The van der Waals surface area contributed by atoms with Crippen LogP contribution in [0.25, 0.3) is 17.0 Å². The Bertz CT molecular complexity index is 1060. The first kappa shape index (κ1) is 18.7. The van der Waals surface area contributed by atoms with E-state index in [1.54, 1.807) is 26.0 Å². The van der Waals surface area contributed by atoms with Crippen molar-refractivity contribution in [3.63, 3.8) is 0 Å². The van der Waals surface area contributed by atoms with E-state index < -0.39 is 0 Å². The molecule has 1 aliphatic rings. The van der Waals surface area contributed by atoms with Crippen molar-refractivity contribution in [3.05, 3.63) is 59.3 Å². The SMILES string of the molecule is CCN1/C(=C/c2ccc3ccccc3[n+]2CC)Sc2cc(OC)c(OC)cc21. The highest BCUT2D eigenvalue weighted by molar-refractivity contribution is 8.03. The monoisotopic (exact) mass is 393 g/mol. The lowest BCUT2D eigenvalue weighted by Crippen LogP contribution is -2.36. The zero-order valence-electron chi connectivity index (χ0n) is 16.7. The zero-order chi connectivity index (χ0) is 19.7. The Labute approximate surface area is 170 Å². The number of rotatable bonds is 5. The molecule has 1 aromatic heterocycles. The lowest BCUT2D eigenvalue weighted by Gasteiger charge is -2.19. The van der Waals surface area contributed by atoms with Crippen molar-refractivity contribution >= 4 is 34.4 Å². The van der Waals surface area contributed by atoms with Crippen LogP contribution in [-0.4, -0.2) is 20.8 Å². The fourth-order valence-corrected chi connectivity index (χ4v) is 4.93. The van der Waals surface area contributed by atoms with Crippen LogP contribution in [0.4, 0.5) is 5.69 Å². The first-order valence-corrected chi connectivity index (χ1v) is 10.4. The van der Waals surface area contributed by atoms with Gasteiger partial charge < -0.3 is 14.4 Å². The fourth-order valence-electron chi connectivity index (χ4n) is 3.75. The van der Waals surface area contributed by atoms with Gasteiger partial charge in [0.2, 0.25) is 11.2 Å². The van der Waals surface area contributed by atoms with Gasteiger partial charge in [-0.3, -0.25) is 0 Å². The van der Waals surface area contributed by atoms with Crippen molar-refractivity contribution in [3.8, 4) is 11.5 Å². The summed E-state index contributed by atoms with van der Waals surface area (Å²) in [5.41, 5.74) is 3.63. The van der Waals surface area contributed by atoms with Gasteiger partial charge in [-0.25, -0.2) is 0 Å². The Morgan fingerprint density at radius 3 is 2.46 bits per heavy atom. The van der Waals surface area contributed by atoms with E-state index in [-0.39, 0.29) is 0 Å². The Balaban J connectivity index is 1.81. The van der Waals surface area contributed by atoms with Crippen molar-refractivity contribution in [1.82, 2.24) is 0 Å². The third-order valence-corrected chi connectivity index (χ3v) is 6.21. The number of anilines is 1. The summed E-state index contributed by atoms with van der Waals surface area (Å²) in [4.78, 5) is 3.52. The van der Waals surface area contributed by atoms with Crippen molar-refractivity contribution < 1.29 is 14.0 Å². The van der Waals surface area contributed by atoms with E-state index in [2.05, 4.69) is 77.9 Å². The van der Waals surface area contributed by atoms with Crippen LogP contribution in [0.1, 0.15) is 19.5 Å². The first-order chi connectivity index (χ1) is 13.7. The molecule has 0 N–H and O–H groups in total. The van der Waals surface area contributed by atoms with Crippen molar-refractivity contribution in [2.24, 2.45) is 0 Å². The molecule has 0 amide bonds. The van der Waals surface area contributed by atoms with Crippen molar-refractivity contribution in [2.45, 2.75) is 25.3 Å². The molecule has 2 heterocycles. The Kier molecular flexibility index (Phi) is 5.18. The van der Waals surface area contributed by atoms with Gasteiger partial charge in [0, 0.05) is 47.2 Å². The predicted octanol–water partition coefficient (Wildman–Crippen LogP) is 5.10. The minimum atomic E-state index is 0.760. The summed E-state index contributed by atoms with van der Waals surface area (Å²) in [5.74, 6) is 1.52. The molecule has 2 aromatic carbocycles. The number of methoxy groups -OCH3 is 2. The highest BCUT2D eigenvalue weighted by Gasteiger charge is 2.27. The number of fused-ring (bicyclic) bond motifs is 2. The molecule has 1 aliphatic heterocycles. The molecule has 0 unspecified atom stereocenters. The van der Waals surface area contributed by atoms with Crippen LogP contribution in [0.15, 0.2) is 58.5 Å². The number of benzene rings is 2. The van der Waals surface area contributed by atoms with Crippen LogP contribution in [0.2, 0.25) is 0 Å². The van der Waals surface area contributed by atoms with Gasteiger partial charge in [0.25, 0.3) is 0 Å². The standard InChI is InChI=1S/C23H25N2O2S/c1-5-24-17(12-11-16-9-7-8-10-18(16)24)13-23-25(6-2)19-14-20(26-3)21(27-4)15-22(19)28-23/h7-15H,5-6H2,1-4H3/q+1. The minimum absolute atomic E-state index is 0.760. The topological polar surface area (TPSA) is 25.6 Å². The molecular formula is C23H25N2O2S+. The molecule has 0 radical (unpaired) electrons. The lowest BCUT2D eigenvalue weighted by atomic mass is 10.2. The Morgan fingerprint density at radius 1 is 1.00 bits per heavy atom. The van der Waals surface area contributed by atoms with Crippen LogP contribution < -0.4 is 18.9 Å². The Hall–Kier alpha value is -2.66. The molecule has 144 valence electrons. The number of aromatic nitrogens is 1. The number of aryl methyl sites for hydroxylation is 1. The van der Waals surface area contributed by atoms with Gasteiger partial charge in [-0.05, 0) is 26.0 Å². The average Bonchev–Trinajstić information content (AvgIpc) is 3.08. The summed E-state index contributed by atoms with van der Waals surface area (Å²) in [7, 11) is 3.36. The fraction of sp³-hybridized carbons (Fsp3) is 0.261. The van der Waals surface area contributed by atoms with Gasteiger partial charge in [-0.1, -0.05) is 23.9 Å². The van der Waals surface area contributed by atoms with Crippen LogP contribution >= 0.6 is 11.8 Å². The molecule has 4 rings (SSSR count). The van der Waals surface area contributed by atoms with Crippen LogP contribution in [-0.2, 0) is 6.54 Å². The van der Waals surface area contributed by atoms with Gasteiger partial charge >= 0.3 is 0 Å². The molecule has 0 bridgehead atoms. The summed E-state index contributed by atoms with van der Waals surface area (Å²) >= 11 is 1.78. The summed E-state index contributed by atoms with van der Waals surface area (Å²) in [6, 6.07) is 17.1. The van der Waals surface area contributed by atoms with E-state index in [0.717, 1.165) is 24.6 Å². The number of ether oxygens (including phenoxy) is 2. The molecule has 3 aromatic rings. The van der Waals surface area contributed by atoms with Crippen LogP contribution in [0.3, 0.4) is 0 Å². The van der Waals surface area contributed by atoms with E-state index in [4.69, 9.17) is 9.47 Å². The quantitative estimate of drug-likeness (QED) is 0.564. The molecule has 28 heavy (non-hydrogen) atoms. The number of hydrogen-bond donors (Lipinski definition) is 0. The maximum atomic E-state index is 5.51. The highest BCUT2D eigenvalue weighted by Crippen LogP contribution is 2.50. The van der Waals surface area contributed by atoms with Gasteiger partial charge in [0.15, 0.2) is 11.5 Å². The van der Waals surface area contributed by atoms with Gasteiger partial charge in [0.05, 0.1) is 24.9 Å². The summed E-state index contributed by atoms with van der Waals surface area (Å²) in [6.07, 6.45) is 2.28. The van der Waals surface area contributed by atoms with Gasteiger partial charge in [0.1, 0.15) is 6.54 Å². The summed E-state index contributed by atoms with van der Waals surface area (Å²) < 4.78 is 13.4. The maximum absolute atomic E-state index is 5.51. The third-order valence-electron chi connectivity index (χ3n) is 5.11. The largest absolute Gasteiger partial charge is 0.493 e. The molecule has 0 saturated heterocycles. The third kappa shape index (κ3) is 3.10. The second-order valence-corrected chi connectivity index (χ2v) is 7.63. The first-order valence-electron chi connectivity index (χ1n) is 9.54. The number of nitrogens with zero attached hydrogens (tertiary/aromatic N) is 2. The molecule has 0 spiro atoms. The van der Waals surface area contributed by atoms with Crippen LogP contribution in [0, 0.1) is 0 Å². The normalized spacial score (nSPS) is 14.6. The average molecular weight is 394 g/mol. The number of para-hydroxylation sites is 1. The molecular weight excluding hydrogens is 368 g/mol. The van der Waals surface area contributed by atoms with E-state index in [1.807, 2.05) is 0 Å². The Morgan fingerprint density at radius 2 is 1.75 bits per heavy atom. The van der Waals surface area contributed by atoms with E-state index in [0.29, 0.717) is 0 Å². The summed E-state index contributed by atoms with van der Waals surface area (Å²) in [5, 5.41) is 2.47. The zero-order valence-corrected chi connectivity index (χ0v) is 17.5. The van der Waals surface area contributed by atoms with E-state index >= 15 is 0 Å². The second-order valence-electron chi connectivity index (χ2n) is 6.57. The molecule has 0 saturated carbocycles. The van der Waals surface area contributed by atoms with Crippen LogP contribution in [0.5, 0.6) is 11.5 Å². The smallest absolute Gasteiger partial charge is 0.212 e. The lowest BCUT2D eigenvalue weighted by molar-refractivity contribution is -0.669. The highest BCUT2D eigenvalue weighted by atomic mass is 32.2. The summed E-state index contributed by atoms with van der Waals surface area (Å²) in [6.45, 7) is 6.18. The molecule has 0 atom stereocenters. The molecule has 0 aliphatic carbocycles. The minimum Gasteiger partial charge on any atom is -0.493 e. The number of thioether (sulfide) groups is 1. The number of hydrogen-bond acceptors (Lipinski definition) is 4. The maximum Gasteiger partial charge on any atom is 0.212 e. The molecule has 5 heteroatoms. The van der Waals surface area contributed by atoms with Gasteiger partial charge in [-0.15, -0.1) is 0 Å². The van der Waals surface area contributed by atoms with Crippen molar-refractivity contribution in [1.29, 1.82) is 0 Å². The predicted molar refractivity (Wildman–Crippen MR) is 116 cm³/mol. The number of pyridine rings is 1. The van der Waals surface area contributed by atoms with Gasteiger partial charge in [-0.2, -0.15) is 4.57 Å². The van der Waals surface area contributed by atoms with Crippen molar-refractivity contribution in [2.75, 3.05) is 25.7 Å². The van der Waals surface area contributed by atoms with E-state index in [1.165, 1.54) is 32.2 Å². The molecule has 4 nitrogen and oxygen atoms in total. The second kappa shape index (κ2) is 7.76. The molecule has 0 fully saturated rings.